The summed E-state index contributed by atoms with van der Waals surface area (Å²) in [6.07, 6.45) is 1.91. The molecule has 0 aliphatic rings. The first kappa shape index (κ1) is 11.6. The number of hydrogen-bond acceptors (Lipinski definition) is 2. The topological polar surface area (TPSA) is 52.0 Å². The molecule has 0 aromatic heterocycles. The molecule has 0 saturated carbocycles. The monoisotopic (exact) mass is 232 g/mol. The van der Waals surface area contributed by atoms with Crippen molar-refractivity contribution in [3.63, 3.8) is 0 Å². The van der Waals surface area contributed by atoms with E-state index >= 15 is 0 Å². The van der Waals surface area contributed by atoms with Gasteiger partial charge in [0.05, 0.1) is 10.0 Å². The van der Waals surface area contributed by atoms with Crippen molar-refractivity contribution in [1.29, 1.82) is 0 Å². The molecular formula is C10H14Cl2N2. The third kappa shape index (κ3) is 2.53. The van der Waals surface area contributed by atoms with Gasteiger partial charge in [-0.05, 0) is 24.1 Å². The standard InChI is InChI=1S/C10H14Cl2N2/c1-2-3-9(13)6-4-7(11)8(12)5-10(6)14/h4-5,9H,2-3,13-14H2,1H3. The maximum Gasteiger partial charge on any atom is 0.0612 e. The smallest absolute Gasteiger partial charge is 0.0612 e. The van der Waals surface area contributed by atoms with Crippen LogP contribution in [0.25, 0.3) is 0 Å². The largest absolute Gasteiger partial charge is 0.398 e. The highest BCUT2D eigenvalue weighted by molar-refractivity contribution is 6.42. The molecule has 0 saturated heterocycles. The first-order valence-corrected chi connectivity index (χ1v) is 5.31. The van der Waals surface area contributed by atoms with Crippen molar-refractivity contribution in [1.82, 2.24) is 0 Å². The zero-order chi connectivity index (χ0) is 10.7. The molecule has 0 heterocycles. The van der Waals surface area contributed by atoms with Crippen molar-refractivity contribution in [2.75, 3.05) is 5.73 Å². The molecule has 4 N–H and O–H groups in total. The second-order valence-electron chi connectivity index (χ2n) is 3.29. The van der Waals surface area contributed by atoms with Gasteiger partial charge in [-0.3, -0.25) is 0 Å². The Bertz CT molecular complexity index is 326. The van der Waals surface area contributed by atoms with E-state index in [0.717, 1.165) is 18.4 Å². The van der Waals surface area contributed by atoms with Gasteiger partial charge in [0, 0.05) is 11.7 Å². The van der Waals surface area contributed by atoms with E-state index in [9.17, 15) is 0 Å². The van der Waals surface area contributed by atoms with Crippen LogP contribution in [0.15, 0.2) is 12.1 Å². The van der Waals surface area contributed by atoms with Gasteiger partial charge in [0.2, 0.25) is 0 Å². The average Bonchev–Trinajstić information content (AvgIpc) is 2.11. The maximum atomic E-state index is 5.94. The van der Waals surface area contributed by atoms with Crippen LogP contribution < -0.4 is 11.5 Å². The van der Waals surface area contributed by atoms with E-state index in [2.05, 4.69) is 6.92 Å². The first-order chi connectivity index (χ1) is 6.56. The molecule has 0 amide bonds. The van der Waals surface area contributed by atoms with E-state index in [0.29, 0.717) is 15.7 Å². The van der Waals surface area contributed by atoms with Crippen LogP contribution in [0, 0.1) is 0 Å². The van der Waals surface area contributed by atoms with Crippen LogP contribution in [-0.4, -0.2) is 0 Å². The van der Waals surface area contributed by atoms with Crippen LogP contribution in [0.2, 0.25) is 10.0 Å². The molecule has 0 bridgehead atoms. The third-order valence-corrected chi connectivity index (χ3v) is 2.85. The van der Waals surface area contributed by atoms with Gasteiger partial charge in [-0.25, -0.2) is 0 Å². The van der Waals surface area contributed by atoms with Crippen LogP contribution in [-0.2, 0) is 0 Å². The van der Waals surface area contributed by atoms with Gasteiger partial charge in [-0.15, -0.1) is 0 Å². The number of benzene rings is 1. The van der Waals surface area contributed by atoms with Crippen molar-refractivity contribution < 1.29 is 0 Å². The fourth-order valence-electron chi connectivity index (χ4n) is 1.37. The summed E-state index contributed by atoms with van der Waals surface area (Å²) in [6.45, 7) is 2.08. The van der Waals surface area contributed by atoms with Gasteiger partial charge in [-0.1, -0.05) is 36.5 Å². The molecule has 1 aromatic rings. The van der Waals surface area contributed by atoms with Crippen LogP contribution in [0.4, 0.5) is 5.69 Å². The number of anilines is 1. The predicted molar refractivity (Wildman–Crippen MR) is 62.7 cm³/mol. The molecule has 0 aliphatic heterocycles. The Morgan fingerprint density at radius 2 is 1.86 bits per heavy atom. The Morgan fingerprint density at radius 3 is 2.43 bits per heavy atom. The number of nitrogens with two attached hydrogens (primary N) is 2. The molecule has 1 unspecified atom stereocenters. The predicted octanol–water partition coefficient (Wildman–Crippen LogP) is 3.38. The van der Waals surface area contributed by atoms with Gasteiger partial charge in [0.15, 0.2) is 0 Å². The summed E-state index contributed by atoms with van der Waals surface area (Å²) in [5.74, 6) is 0. The minimum absolute atomic E-state index is 0.0604. The summed E-state index contributed by atoms with van der Waals surface area (Å²) < 4.78 is 0. The van der Waals surface area contributed by atoms with E-state index in [-0.39, 0.29) is 6.04 Å². The number of rotatable bonds is 3. The molecule has 14 heavy (non-hydrogen) atoms. The molecule has 2 nitrogen and oxygen atoms in total. The molecule has 0 aliphatic carbocycles. The summed E-state index contributed by atoms with van der Waals surface area (Å²) in [6, 6.07) is 3.34. The van der Waals surface area contributed by atoms with Crippen LogP contribution in [0.5, 0.6) is 0 Å². The number of halogens is 2. The summed E-state index contributed by atoms with van der Waals surface area (Å²) in [7, 11) is 0. The van der Waals surface area contributed by atoms with Gasteiger partial charge >= 0.3 is 0 Å². The lowest BCUT2D eigenvalue weighted by Crippen LogP contribution is -2.12. The van der Waals surface area contributed by atoms with E-state index in [1.54, 1.807) is 12.1 Å². The Hall–Kier alpha value is -0.440. The zero-order valence-electron chi connectivity index (χ0n) is 8.06. The normalized spacial score (nSPS) is 12.9. The maximum absolute atomic E-state index is 5.94. The van der Waals surface area contributed by atoms with E-state index in [4.69, 9.17) is 34.7 Å². The summed E-state index contributed by atoms with van der Waals surface area (Å²) >= 11 is 11.7. The molecule has 78 valence electrons. The van der Waals surface area contributed by atoms with Crippen molar-refractivity contribution in [2.24, 2.45) is 5.73 Å². The highest BCUT2D eigenvalue weighted by Gasteiger charge is 2.11. The van der Waals surface area contributed by atoms with Gasteiger partial charge < -0.3 is 11.5 Å². The highest BCUT2D eigenvalue weighted by Crippen LogP contribution is 2.31. The summed E-state index contributed by atoms with van der Waals surface area (Å²) in [4.78, 5) is 0. The van der Waals surface area contributed by atoms with Crippen molar-refractivity contribution in [3.8, 4) is 0 Å². The second-order valence-corrected chi connectivity index (χ2v) is 4.10. The number of nitrogen functional groups attached to an aromatic ring is 1. The Morgan fingerprint density at radius 1 is 1.29 bits per heavy atom. The highest BCUT2D eigenvalue weighted by atomic mass is 35.5. The molecule has 0 radical (unpaired) electrons. The average molecular weight is 233 g/mol. The molecule has 1 aromatic carbocycles. The molecule has 1 atom stereocenters. The van der Waals surface area contributed by atoms with Gasteiger partial charge in [0.1, 0.15) is 0 Å². The van der Waals surface area contributed by atoms with Crippen molar-refractivity contribution >= 4 is 28.9 Å². The summed E-state index contributed by atoms with van der Waals surface area (Å²) in [5, 5.41) is 0.971. The second kappa shape index (κ2) is 4.87. The fraction of sp³-hybridized carbons (Fsp3) is 0.400. The summed E-state index contributed by atoms with van der Waals surface area (Å²) in [5.41, 5.74) is 13.2. The van der Waals surface area contributed by atoms with Crippen LogP contribution >= 0.6 is 23.2 Å². The molecular weight excluding hydrogens is 219 g/mol. The lowest BCUT2D eigenvalue weighted by molar-refractivity contribution is 0.640. The third-order valence-electron chi connectivity index (χ3n) is 2.13. The first-order valence-electron chi connectivity index (χ1n) is 4.56. The zero-order valence-corrected chi connectivity index (χ0v) is 9.57. The van der Waals surface area contributed by atoms with E-state index in [1.165, 1.54) is 0 Å². The van der Waals surface area contributed by atoms with Crippen molar-refractivity contribution in [2.45, 2.75) is 25.8 Å². The fourth-order valence-corrected chi connectivity index (χ4v) is 1.71. The number of hydrogen-bond donors (Lipinski definition) is 2. The van der Waals surface area contributed by atoms with E-state index < -0.39 is 0 Å². The Kier molecular flexibility index (Phi) is 4.05. The van der Waals surface area contributed by atoms with Crippen molar-refractivity contribution in [3.05, 3.63) is 27.7 Å². The minimum Gasteiger partial charge on any atom is -0.398 e. The van der Waals surface area contributed by atoms with Crippen LogP contribution in [0.3, 0.4) is 0 Å². The Labute approximate surface area is 94.2 Å². The van der Waals surface area contributed by atoms with Gasteiger partial charge in [0.25, 0.3) is 0 Å². The quantitative estimate of drug-likeness (QED) is 0.786. The van der Waals surface area contributed by atoms with Crippen LogP contribution in [0.1, 0.15) is 31.4 Å². The lowest BCUT2D eigenvalue weighted by atomic mass is 10.0. The van der Waals surface area contributed by atoms with Gasteiger partial charge in [-0.2, -0.15) is 0 Å². The Balaban J connectivity index is 3.02. The molecule has 1 rings (SSSR count). The minimum atomic E-state index is -0.0604. The lowest BCUT2D eigenvalue weighted by Gasteiger charge is -2.14. The molecule has 0 spiro atoms. The molecule has 4 heteroatoms. The molecule has 0 fully saturated rings. The van der Waals surface area contributed by atoms with E-state index in [1.807, 2.05) is 0 Å². The SMILES string of the molecule is CCCC(N)c1cc(Cl)c(Cl)cc1N.